The molecule has 108 valence electrons. The van der Waals surface area contributed by atoms with Gasteiger partial charge in [-0.05, 0) is 31.4 Å². The molecule has 6 nitrogen and oxygen atoms in total. The van der Waals surface area contributed by atoms with E-state index in [2.05, 4.69) is 9.71 Å². The second-order valence-corrected chi connectivity index (χ2v) is 7.07. The molecule has 1 N–H and O–H groups in total. The lowest BCUT2D eigenvalue weighted by Gasteiger charge is -2.17. The first-order chi connectivity index (χ1) is 9.45. The summed E-state index contributed by atoms with van der Waals surface area (Å²) in [5.41, 5.74) is 0. The minimum Gasteiger partial charge on any atom is -0.374 e. The summed E-state index contributed by atoms with van der Waals surface area (Å²) in [5, 5.41) is 0.108. The van der Waals surface area contributed by atoms with Gasteiger partial charge in [-0.3, -0.25) is 4.79 Å². The summed E-state index contributed by atoms with van der Waals surface area (Å²) in [6.07, 6.45) is 3.49. The van der Waals surface area contributed by atoms with Crippen LogP contribution in [-0.2, 0) is 19.6 Å². The van der Waals surface area contributed by atoms with Gasteiger partial charge in [0.05, 0.1) is 23.1 Å². The third kappa shape index (κ3) is 2.53. The molecule has 1 aromatic rings. The van der Waals surface area contributed by atoms with E-state index in [1.165, 1.54) is 18.3 Å². The van der Waals surface area contributed by atoms with E-state index in [4.69, 9.17) is 16.3 Å². The lowest BCUT2D eigenvalue weighted by Crippen LogP contribution is -2.39. The number of sulfonamides is 1. The zero-order valence-electron chi connectivity index (χ0n) is 10.5. The minimum absolute atomic E-state index is 0.0899. The van der Waals surface area contributed by atoms with Crippen LogP contribution in [0.15, 0.2) is 23.4 Å². The van der Waals surface area contributed by atoms with E-state index in [9.17, 15) is 13.2 Å². The number of fused-ring (bicyclic) bond motifs is 2. The van der Waals surface area contributed by atoms with E-state index in [1.807, 2.05) is 0 Å². The number of carbonyl (C=O) groups is 1. The molecule has 1 aromatic heterocycles. The second-order valence-electron chi connectivity index (χ2n) is 5.00. The largest absolute Gasteiger partial charge is 0.374 e. The van der Waals surface area contributed by atoms with Crippen LogP contribution in [0.25, 0.3) is 0 Å². The standard InChI is InChI=1S/C12H13ClN2O4S/c13-7-1-4-11(14-6-7)20(17,18)15-12(16)9-5-8-2-3-10(9)19-8/h1,4,6,8-10H,2-3,5H2,(H,15,16). The number of nitrogens with zero attached hydrogens (tertiary/aromatic N) is 1. The number of carbonyl (C=O) groups excluding carboxylic acids is 1. The highest BCUT2D eigenvalue weighted by molar-refractivity contribution is 7.90. The highest BCUT2D eigenvalue weighted by atomic mass is 35.5. The van der Waals surface area contributed by atoms with Crippen molar-refractivity contribution in [2.24, 2.45) is 5.92 Å². The molecule has 3 heterocycles. The molecule has 0 radical (unpaired) electrons. The molecule has 2 fully saturated rings. The number of nitrogens with one attached hydrogen (secondary N) is 1. The van der Waals surface area contributed by atoms with Crippen molar-refractivity contribution in [3.05, 3.63) is 23.4 Å². The van der Waals surface area contributed by atoms with Crippen molar-refractivity contribution < 1.29 is 17.9 Å². The van der Waals surface area contributed by atoms with Crippen LogP contribution in [-0.4, -0.2) is 31.5 Å². The lowest BCUT2D eigenvalue weighted by atomic mass is 9.89. The molecule has 1 amide bonds. The number of rotatable bonds is 3. The zero-order valence-corrected chi connectivity index (χ0v) is 12.0. The molecule has 3 atom stereocenters. The lowest BCUT2D eigenvalue weighted by molar-refractivity contribution is -0.124. The molecule has 0 aromatic carbocycles. The third-order valence-corrected chi connectivity index (χ3v) is 5.14. The van der Waals surface area contributed by atoms with Gasteiger partial charge in [-0.15, -0.1) is 0 Å². The fourth-order valence-electron chi connectivity index (χ4n) is 2.70. The van der Waals surface area contributed by atoms with Gasteiger partial charge in [0, 0.05) is 6.20 Å². The number of halogens is 1. The molecule has 2 aliphatic heterocycles. The van der Waals surface area contributed by atoms with E-state index in [0.29, 0.717) is 11.4 Å². The molecule has 0 spiro atoms. The Hall–Kier alpha value is -1.18. The molecule has 0 aliphatic carbocycles. The topological polar surface area (TPSA) is 85.4 Å². The first-order valence-corrected chi connectivity index (χ1v) is 8.15. The van der Waals surface area contributed by atoms with Crippen LogP contribution in [0.3, 0.4) is 0 Å². The summed E-state index contributed by atoms with van der Waals surface area (Å²) in [7, 11) is -3.96. The Labute approximate surface area is 121 Å². The minimum atomic E-state index is -3.96. The molecule has 3 rings (SSSR count). The van der Waals surface area contributed by atoms with Gasteiger partial charge in [-0.1, -0.05) is 11.6 Å². The van der Waals surface area contributed by atoms with Crippen molar-refractivity contribution in [1.29, 1.82) is 0 Å². The Balaban J connectivity index is 1.73. The Morgan fingerprint density at radius 2 is 2.20 bits per heavy atom. The van der Waals surface area contributed by atoms with Crippen LogP contribution < -0.4 is 4.72 Å². The van der Waals surface area contributed by atoms with Crippen LogP contribution in [0, 0.1) is 5.92 Å². The maximum Gasteiger partial charge on any atom is 0.281 e. The molecule has 2 saturated heterocycles. The second kappa shape index (κ2) is 4.98. The molecule has 2 aliphatic rings. The van der Waals surface area contributed by atoms with E-state index < -0.39 is 21.8 Å². The number of hydrogen-bond donors (Lipinski definition) is 1. The Morgan fingerprint density at radius 3 is 2.75 bits per heavy atom. The molecular weight excluding hydrogens is 304 g/mol. The molecule has 2 bridgehead atoms. The Bertz CT molecular complexity index is 631. The van der Waals surface area contributed by atoms with Gasteiger partial charge in [0.15, 0.2) is 5.03 Å². The monoisotopic (exact) mass is 316 g/mol. The van der Waals surface area contributed by atoms with Crippen LogP contribution >= 0.6 is 11.6 Å². The fourth-order valence-corrected chi connectivity index (χ4v) is 3.77. The maximum atomic E-state index is 12.1. The van der Waals surface area contributed by atoms with E-state index in [0.717, 1.165) is 12.8 Å². The first kappa shape index (κ1) is 13.8. The number of pyridine rings is 1. The Morgan fingerprint density at radius 1 is 1.40 bits per heavy atom. The summed E-state index contributed by atoms with van der Waals surface area (Å²) in [5.74, 6) is -0.912. The van der Waals surface area contributed by atoms with Crippen molar-refractivity contribution in [1.82, 2.24) is 9.71 Å². The molecule has 8 heteroatoms. The van der Waals surface area contributed by atoms with Crippen molar-refractivity contribution >= 4 is 27.5 Å². The Kier molecular flexibility index (Phi) is 3.43. The highest BCUT2D eigenvalue weighted by Crippen LogP contribution is 2.38. The maximum absolute atomic E-state index is 12.1. The quantitative estimate of drug-likeness (QED) is 0.902. The van der Waals surface area contributed by atoms with Gasteiger partial charge >= 0.3 is 0 Å². The average Bonchev–Trinajstić information content (AvgIpc) is 3.01. The van der Waals surface area contributed by atoms with Crippen molar-refractivity contribution in [3.8, 4) is 0 Å². The number of amides is 1. The molecule has 20 heavy (non-hydrogen) atoms. The first-order valence-electron chi connectivity index (χ1n) is 6.29. The van der Waals surface area contributed by atoms with E-state index >= 15 is 0 Å². The normalized spacial score (nSPS) is 28.6. The van der Waals surface area contributed by atoms with Gasteiger partial charge in [0.25, 0.3) is 10.0 Å². The fraction of sp³-hybridized carbons (Fsp3) is 0.500. The van der Waals surface area contributed by atoms with Crippen molar-refractivity contribution in [3.63, 3.8) is 0 Å². The zero-order chi connectivity index (χ0) is 14.3. The third-order valence-electron chi connectivity index (χ3n) is 3.65. The summed E-state index contributed by atoms with van der Waals surface area (Å²) < 4.78 is 31.7. The number of aromatic nitrogens is 1. The van der Waals surface area contributed by atoms with Gasteiger partial charge in [0.1, 0.15) is 0 Å². The van der Waals surface area contributed by atoms with Gasteiger partial charge in [-0.2, -0.15) is 8.42 Å². The average molecular weight is 317 g/mol. The van der Waals surface area contributed by atoms with Crippen LogP contribution in [0.1, 0.15) is 19.3 Å². The van der Waals surface area contributed by atoms with E-state index in [-0.39, 0.29) is 17.2 Å². The molecule has 0 saturated carbocycles. The summed E-state index contributed by atoms with van der Waals surface area (Å²) in [4.78, 5) is 15.8. The smallest absolute Gasteiger partial charge is 0.281 e. The van der Waals surface area contributed by atoms with E-state index in [1.54, 1.807) is 0 Å². The molecule has 3 unspecified atom stereocenters. The summed E-state index contributed by atoms with van der Waals surface area (Å²) in [6, 6.07) is 2.67. The predicted molar refractivity (Wildman–Crippen MR) is 70.6 cm³/mol. The SMILES string of the molecule is O=C(NS(=O)(=O)c1ccc(Cl)cn1)C1CC2CCC1O2. The van der Waals surface area contributed by atoms with Gasteiger partial charge < -0.3 is 4.74 Å². The van der Waals surface area contributed by atoms with Gasteiger partial charge in [-0.25, -0.2) is 9.71 Å². The predicted octanol–water partition coefficient (Wildman–Crippen LogP) is 1.11. The summed E-state index contributed by atoms with van der Waals surface area (Å²) >= 11 is 5.65. The highest BCUT2D eigenvalue weighted by Gasteiger charge is 2.45. The molecular formula is C12H13ClN2O4S. The number of ether oxygens (including phenoxy) is 1. The van der Waals surface area contributed by atoms with Gasteiger partial charge in [0.2, 0.25) is 5.91 Å². The number of hydrogen-bond acceptors (Lipinski definition) is 5. The van der Waals surface area contributed by atoms with Crippen LogP contribution in [0.5, 0.6) is 0 Å². The van der Waals surface area contributed by atoms with Crippen molar-refractivity contribution in [2.75, 3.05) is 0 Å². The van der Waals surface area contributed by atoms with Crippen LogP contribution in [0.2, 0.25) is 5.02 Å². The van der Waals surface area contributed by atoms with Crippen molar-refractivity contribution in [2.45, 2.75) is 36.5 Å². The summed E-state index contributed by atoms with van der Waals surface area (Å²) in [6.45, 7) is 0. The van der Waals surface area contributed by atoms with Crippen LogP contribution in [0.4, 0.5) is 0 Å².